The van der Waals surface area contributed by atoms with Crippen molar-refractivity contribution in [3.8, 4) is 0 Å². The molecule has 1 aliphatic rings. The van der Waals surface area contributed by atoms with Crippen LogP contribution >= 0.6 is 11.8 Å². The van der Waals surface area contributed by atoms with Crippen molar-refractivity contribution >= 4 is 17.7 Å². The minimum absolute atomic E-state index is 0.360. The first-order chi connectivity index (χ1) is 9.41. The third kappa shape index (κ3) is 3.70. The molecule has 0 spiro atoms. The molecule has 3 nitrogen and oxygen atoms in total. The molecule has 20 heavy (non-hydrogen) atoms. The molecule has 1 saturated heterocycles. The molecule has 1 fully saturated rings. The highest BCUT2D eigenvalue weighted by molar-refractivity contribution is 7.98. The summed E-state index contributed by atoms with van der Waals surface area (Å²) in [5.74, 6) is -3.15. The van der Waals surface area contributed by atoms with Gasteiger partial charge in [-0.15, -0.1) is 11.8 Å². The molecule has 1 aromatic carbocycles. The predicted octanol–water partition coefficient (Wildman–Crippen LogP) is 2.33. The number of aryl methyl sites for hydroxylation is 1. The smallest absolute Gasteiger partial charge is 0.262 e. The zero-order valence-electron chi connectivity index (χ0n) is 11.5. The van der Waals surface area contributed by atoms with Crippen LogP contribution in [0.25, 0.3) is 0 Å². The molecule has 6 heteroatoms. The highest BCUT2D eigenvalue weighted by Gasteiger charge is 2.42. The fraction of sp³-hybridized carbons (Fsp3) is 0.500. The van der Waals surface area contributed by atoms with E-state index < -0.39 is 24.9 Å². The predicted molar refractivity (Wildman–Crippen MR) is 76.2 cm³/mol. The first-order valence-corrected chi connectivity index (χ1v) is 7.66. The van der Waals surface area contributed by atoms with Crippen LogP contribution in [-0.4, -0.2) is 30.7 Å². The van der Waals surface area contributed by atoms with Gasteiger partial charge in [-0.2, -0.15) is 0 Å². The van der Waals surface area contributed by atoms with Crippen LogP contribution in [0.4, 0.5) is 8.78 Å². The second kappa shape index (κ2) is 6.10. The highest BCUT2D eigenvalue weighted by atomic mass is 32.2. The van der Waals surface area contributed by atoms with Crippen molar-refractivity contribution in [1.29, 1.82) is 0 Å². The average Bonchev–Trinajstić information content (AvgIpc) is 2.77. The number of alkyl halides is 2. The summed E-state index contributed by atoms with van der Waals surface area (Å²) in [7, 11) is 0. The summed E-state index contributed by atoms with van der Waals surface area (Å²) >= 11 is 1.61. The van der Waals surface area contributed by atoms with Gasteiger partial charge < -0.3 is 5.32 Å². The summed E-state index contributed by atoms with van der Waals surface area (Å²) in [5, 5.41) is 5.28. The first kappa shape index (κ1) is 15.3. The molecule has 0 radical (unpaired) electrons. The van der Waals surface area contributed by atoms with E-state index in [1.165, 1.54) is 0 Å². The number of benzene rings is 1. The molecule has 1 atom stereocenters. The van der Waals surface area contributed by atoms with Crippen molar-refractivity contribution in [2.45, 2.75) is 36.7 Å². The second-order valence-corrected chi connectivity index (χ2v) is 5.87. The summed E-state index contributed by atoms with van der Waals surface area (Å²) in [6, 6.07) is 5.18. The number of amides is 1. The molecule has 0 saturated carbocycles. The molecule has 0 aliphatic carbocycles. The summed E-state index contributed by atoms with van der Waals surface area (Å²) < 4.78 is 26.1. The number of carbonyl (C=O) groups excluding carboxylic acids is 1. The number of halogens is 2. The Morgan fingerprint density at radius 3 is 2.90 bits per heavy atom. The Kier molecular flexibility index (Phi) is 4.65. The lowest BCUT2D eigenvalue weighted by Crippen LogP contribution is -2.40. The van der Waals surface area contributed by atoms with Gasteiger partial charge >= 0.3 is 0 Å². The van der Waals surface area contributed by atoms with Gasteiger partial charge in [0.15, 0.2) is 0 Å². The number of thioether (sulfide) groups is 1. The van der Waals surface area contributed by atoms with Gasteiger partial charge in [-0.25, -0.2) is 8.78 Å². The third-order valence-electron chi connectivity index (χ3n) is 3.32. The Labute approximate surface area is 121 Å². The topological polar surface area (TPSA) is 41.1 Å². The van der Waals surface area contributed by atoms with Crippen molar-refractivity contribution in [2.75, 3.05) is 12.8 Å². The van der Waals surface area contributed by atoms with Gasteiger partial charge in [0.05, 0.1) is 12.6 Å². The minimum Gasteiger partial charge on any atom is -0.351 e. The Morgan fingerprint density at radius 2 is 2.30 bits per heavy atom. The maximum Gasteiger partial charge on any atom is 0.262 e. The van der Waals surface area contributed by atoms with Crippen molar-refractivity contribution in [2.24, 2.45) is 0 Å². The largest absolute Gasteiger partial charge is 0.351 e. The van der Waals surface area contributed by atoms with E-state index in [9.17, 15) is 13.6 Å². The Hall–Kier alpha value is -1.14. The van der Waals surface area contributed by atoms with Crippen molar-refractivity contribution < 1.29 is 13.6 Å². The van der Waals surface area contributed by atoms with Gasteiger partial charge in [-0.05, 0) is 30.4 Å². The lowest BCUT2D eigenvalue weighted by Gasteiger charge is -2.13. The van der Waals surface area contributed by atoms with E-state index in [0.29, 0.717) is 6.54 Å². The lowest BCUT2D eigenvalue weighted by atomic mass is 10.1. The Morgan fingerprint density at radius 1 is 1.55 bits per heavy atom. The third-order valence-corrected chi connectivity index (χ3v) is 4.14. The quantitative estimate of drug-likeness (QED) is 0.839. The molecule has 110 valence electrons. The van der Waals surface area contributed by atoms with Crippen molar-refractivity contribution in [3.63, 3.8) is 0 Å². The van der Waals surface area contributed by atoms with Gasteiger partial charge in [0, 0.05) is 17.9 Å². The van der Waals surface area contributed by atoms with Gasteiger partial charge in [0.1, 0.15) is 0 Å². The van der Waals surface area contributed by atoms with Crippen LogP contribution in [-0.2, 0) is 11.3 Å². The number of nitrogens with one attached hydrogen (secondary N) is 2. The molecular formula is C14H18F2N2OS. The monoisotopic (exact) mass is 300 g/mol. The summed E-state index contributed by atoms with van der Waals surface area (Å²) in [5.41, 5.74) is 2.16. The zero-order valence-corrected chi connectivity index (χ0v) is 12.3. The Bertz CT molecular complexity index is 508. The van der Waals surface area contributed by atoms with E-state index in [0.717, 1.165) is 16.0 Å². The standard InChI is InChI=1S/C14H18F2N2OS/c1-9-3-4-10(12(5-9)20-2)7-17-13(19)11-6-14(15,16)8-18-11/h3-5,11,18H,6-8H2,1-2H3,(H,17,19). The van der Waals surface area contributed by atoms with Crippen LogP contribution in [0, 0.1) is 6.92 Å². The number of hydrogen-bond acceptors (Lipinski definition) is 3. The maximum absolute atomic E-state index is 13.0. The fourth-order valence-electron chi connectivity index (χ4n) is 2.20. The van der Waals surface area contributed by atoms with Gasteiger partial charge in [0.25, 0.3) is 5.92 Å². The number of hydrogen-bond donors (Lipinski definition) is 2. The van der Waals surface area contributed by atoms with Gasteiger partial charge in [0.2, 0.25) is 5.91 Å². The molecule has 2 N–H and O–H groups in total. The molecule has 0 aromatic heterocycles. The van der Waals surface area contributed by atoms with Crippen LogP contribution in [0.3, 0.4) is 0 Å². The average molecular weight is 300 g/mol. The van der Waals surface area contributed by atoms with Crippen molar-refractivity contribution in [3.05, 3.63) is 29.3 Å². The van der Waals surface area contributed by atoms with Crippen LogP contribution in [0.2, 0.25) is 0 Å². The number of rotatable bonds is 4. The van der Waals surface area contributed by atoms with Crippen LogP contribution in [0.1, 0.15) is 17.5 Å². The second-order valence-electron chi connectivity index (χ2n) is 5.03. The minimum atomic E-state index is -2.78. The molecular weight excluding hydrogens is 282 g/mol. The van der Waals surface area contributed by atoms with E-state index in [-0.39, 0.29) is 5.91 Å². The SMILES string of the molecule is CSc1cc(C)ccc1CNC(=O)C1CC(F)(F)CN1. The number of carbonyl (C=O) groups is 1. The van der Waals surface area contributed by atoms with Crippen LogP contribution < -0.4 is 10.6 Å². The van der Waals surface area contributed by atoms with Gasteiger partial charge in [-0.3, -0.25) is 10.1 Å². The lowest BCUT2D eigenvalue weighted by molar-refractivity contribution is -0.123. The maximum atomic E-state index is 13.0. The fourth-order valence-corrected chi connectivity index (χ4v) is 2.91. The van der Waals surface area contributed by atoms with Crippen molar-refractivity contribution in [1.82, 2.24) is 10.6 Å². The summed E-state index contributed by atoms with van der Waals surface area (Å²) in [6.45, 7) is 1.94. The Balaban J connectivity index is 1.94. The summed E-state index contributed by atoms with van der Waals surface area (Å²) in [4.78, 5) is 13.0. The molecule has 0 bridgehead atoms. The van der Waals surface area contributed by atoms with Crippen LogP contribution in [0.15, 0.2) is 23.1 Å². The van der Waals surface area contributed by atoms with Gasteiger partial charge in [-0.1, -0.05) is 12.1 Å². The highest BCUT2D eigenvalue weighted by Crippen LogP contribution is 2.25. The van der Waals surface area contributed by atoms with E-state index in [1.807, 2.05) is 31.4 Å². The molecule has 1 aliphatic heterocycles. The van der Waals surface area contributed by atoms with E-state index in [2.05, 4.69) is 10.6 Å². The zero-order chi connectivity index (χ0) is 14.8. The molecule has 2 rings (SSSR count). The normalized spacial score (nSPS) is 20.9. The van der Waals surface area contributed by atoms with E-state index >= 15 is 0 Å². The molecule has 1 unspecified atom stereocenters. The molecule has 1 amide bonds. The van der Waals surface area contributed by atoms with E-state index in [4.69, 9.17) is 0 Å². The summed E-state index contributed by atoms with van der Waals surface area (Å²) in [6.07, 6.45) is 1.54. The molecule has 1 aromatic rings. The molecule has 1 heterocycles. The van der Waals surface area contributed by atoms with E-state index in [1.54, 1.807) is 11.8 Å². The first-order valence-electron chi connectivity index (χ1n) is 6.44. The van der Waals surface area contributed by atoms with Crippen LogP contribution in [0.5, 0.6) is 0 Å².